The van der Waals surface area contributed by atoms with Crippen LogP contribution >= 0.6 is 11.8 Å². The molecule has 0 unspecified atom stereocenters. The number of thioether (sulfide) groups is 1. The molecule has 1 aromatic carbocycles. The molecule has 1 amide bonds. The summed E-state index contributed by atoms with van der Waals surface area (Å²) in [4.78, 5) is 11.7. The monoisotopic (exact) mass is 262 g/mol. The van der Waals surface area contributed by atoms with E-state index in [4.69, 9.17) is 5.26 Å². The molecular formula is C14H18N2OS. The number of benzene rings is 1. The highest BCUT2D eigenvalue weighted by molar-refractivity contribution is 7.99. The van der Waals surface area contributed by atoms with Crippen LogP contribution < -0.4 is 5.32 Å². The lowest BCUT2D eigenvalue weighted by Gasteiger charge is -2.06. The van der Waals surface area contributed by atoms with Gasteiger partial charge in [0.2, 0.25) is 5.91 Å². The van der Waals surface area contributed by atoms with Crippen LogP contribution in [-0.4, -0.2) is 16.9 Å². The Bertz CT molecular complexity index is 438. The zero-order chi connectivity index (χ0) is 13.4. The number of anilines is 1. The Morgan fingerprint density at radius 2 is 2.28 bits per heavy atom. The first kappa shape index (κ1) is 14.6. The van der Waals surface area contributed by atoms with E-state index in [1.54, 1.807) is 24.3 Å². The average Bonchev–Trinajstić information content (AvgIpc) is 2.34. The lowest BCUT2D eigenvalue weighted by atomic mass is 10.2. The second-order valence-corrected chi connectivity index (χ2v) is 5.95. The van der Waals surface area contributed by atoms with E-state index in [0.717, 1.165) is 12.2 Å². The van der Waals surface area contributed by atoms with Crippen LogP contribution in [0.15, 0.2) is 24.3 Å². The van der Waals surface area contributed by atoms with Crippen LogP contribution in [0.5, 0.6) is 0 Å². The third-order valence-corrected chi connectivity index (χ3v) is 3.47. The van der Waals surface area contributed by atoms with Gasteiger partial charge in [-0.2, -0.15) is 17.0 Å². The highest BCUT2D eigenvalue weighted by Gasteiger charge is 2.03. The van der Waals surface area contributed by atoms with Crippen molar-refractivity contribution in [3.63, 3.8) is 0 Å². The summed E-state index contributed by atoms with van der Waals surface area (Å²) in [5, 5.41) is 12.2. The second kappa shape index (κ2) is 7.78. The highest BCUT2D eigenvalue weighted by atomic mass is 32.2. The van der Waals surface area contributed by atoms with Gasteiger partial charge in [-0.05, 0) is 35.6 Å². The van der Waals surface area contributed by atoms with Crippen molar-refractivity contribution in [2.24, 2.45) is 0 Å². The molecule has 0 saturated carbocycles. The van der Waals surface area contributed by atoms with Crippen molar-refractivity contribution in [2.75, 3.05) is 11.1 Å². The van der Waals surface area contributed by atoms with Gasteiger partial charge in [-0.3, -0.25) is 4.79 Å². The molecule has 0 aliphatic carbocycles. The lowest BCUT2D eigenvalue weighted by molar-refractivity contribution is -0.116. The topological polar surface area (TPSA) is 52.9 Å². The molecule has 0 saturated heterocycles. The summed E-state index contributed by atoms with van der Waals surface area (Å²) in [5.41, 5.74) is 1.25. The Balaban J connectivity index is 2.33. The molecule has 0 atom stereocenters. The van der Waals surface area contributed by atoms with Gasteiger partial charge in [0, 0.05) is 12.1 Å². The van der Waals surface area contributed by atoms with Gasteiger partial charge >= 0.3 is 0 Å². The van der Waals surface area contributed by atoms with Crippen LogP contribution in [0.1, 0.15) is 32.3 Å². The van der Waals surface area contributed by atoms with Crippen LogP contribution in [0.25, 0.3) is 0 Å². The Kier molecular flexibility index (Phi) is 6.31. The maximum Gasteiger partial charge on any atom is 0.224 e. The molecule has 18 heavy (non-hydrogen) atoms. The van der Waals surface area contributed by atoms with Gasteiger partial charge in [0.05, 0.1) is 11.6 Å². The minimum atomic E-state index is 0.00875. The molecule has 0 aromatic heterocycles. The van der Waals surface area contributed by atoms with E-state index in [-0.39, 0.29) is 5.91 Å². The number of carbonyl (C=O) groups is 1. The predicted molar refractivity (Wildman–Crippen MR) is 76.6 cm³/mol. The van der Waals surface area contributed by atoms with Gasteiger partial charge in [0.25, 0.3) is 0 Å². The first-order valence-corrected chi connectivity index (χ1v) is 7.08. The number of rotatable bonds is 6. The molecule has 0 aliphatic heterocycles. The number of nitrogens with zero attached hydrogens (tertiary/aromatic N) is 1. The molecule has 0 radical (unpaired) electrons. The summed E-state index contributed by atoms with van der Waals surface area (Å²) in [7, 11) is 0. The molecule has 1 rings (SSSR count). The number of carbonyl (C=O) groups excluding carboxylic acids is 1. The van der Waals surface area contributed by atoms with Gasteiger partial charge in [-0.25, -0.2) is 0 Å². The SMILES string of the molecule is CC(C)SCCCC(=O)Nc1cccc(C#N)c1. The minimum absolute atomic E-state index is 0.00875. The third kappa shape index (κ3) is 5.74. The van der Waals surface area contributed by atoms with E-state index >= 15 is 0 Å². The minimum Gasteiger partial charge on any atom is -0.326 e. The lowest BCUT2D eigenvalue weighted by Crippen LogP contribution is -2.11. The third-order valence-electron chi connectivity index (χ3n) is 2.27. The summed E-state index contributed by atoms with van der Waals surface area (Å²) in [6.07, 6.45) is 1.41. The average molecular weight is 262 g/mol. The molecule has 0 spiro atoms. The summed E-state index contributed by atoms with van der Waals surface area (Å²) in [5.74, 6) is 1.01. The van der Waals surface area contributed by atoms with Crippen molar-refractivity contribution >= 4 is 23.4 Å². The molecule has 96 valence electrons. The quantitative estimate of drug-likeness (QED) is 0.799. The molecule has 1 N–H and O–H groups in total. The van der Waals surface area contributed by atoms with E-state index in [0.29, 0.717) is 22.9 Å². The number of hydrogen-bond acceptors (Lipinski definition) is 3. The first-order chi connectivity index (χ1) is 8.61. The van der Waals surface area contributed by atoms with Gasteiger partial charge < -0.3 is 5.32 Å². The van der Waals surface area contributed by atoms with Crippen LogP contribution in [-0.2, 0) is 4.79 Å². The molecular weight excluding hydrogens is 244 g/mol. The zero-order valence-corrected chi connectivity index (χ0v) is 11.6. The molecule has 0 fully saturated rings. The summed E-state index contributed by atoms with van der Waals surface area (Å²) in [6, 6.07) is 9.01. The van der Waals surface area contributed by atoms with E-state index in [2.05, 4.69) is 25.2 Å². The van der Waals surface area contributed by atoms with Crippen LogP contribution in [0.3, 0.4) is 0 Å². The second-order valence-electron chi connectivity index (χ2n) is 4.26. The maximum absolute atomic E-state index is 11.7. The Morgan fingerprint density at radius 1 is 1.50 bits per heavy atom. The molecule has 3 nitrogen and oxygen atoms in total. The van der Waals surface area contributed by atoms with E-state index in [1.165, 1.54) is 0 Å². The summed E-state index contributed by atoms with van der Waals surface area (Å²) in [6.45, 7) is 4.30. The number of nitriles is 1. The number of amides is 1. The molecule has 0 heterocycles. The fraction of sp³-hybridized carbons (Fsp3) is 0.429. The first-order valence-electron chi connectivity index (χ1n) is 6.03. The van der Waals surface area contributed by atoms with Crippen molar-refractivity contribution in [3.8, 4) is 6.07 Å². The van der Waals surface area contributed by atoms with Gasteiger partial charge in [0.1, 0.15) is 0 Å². The smallest absolute Gasteiger partial charge is 0.224 e. The predicted octanol–water partition coefficient (Wildman–Crippen LogP) is 3.42. The number of nitrogens with one attached hydrogen (secondary N) is 1. The normalized spacial score (nSPS) is 10.1. The van der Waals surface area contributed by atoms with E-state index in [1.807, 2.05) is 11.8 Å². The van der Waals surface area contributed by atoms with Gasteiger partial charge in [0.15, 0.2) is 0 Å². The Labute approximate surface area is 113 Å². The number of hydrogen-bond donors (Lipinski definition) is 1. The van der Waals surface area contributed by atoms with Crippen molar-refractivity contribution < 1.29 is 4.79 Å². The molecule has 1 aromatic rings. The van der Waals surface area contributed by atoms with Crippen molar-refractivity contribution in [3.05, 3.63) is 29.8 Å². The van der Waals surface area contributed by atoms with Crippen LogP contribution in [0.2, 0.25) is 0 Å². The largest absolute Gasteiger partial charge is 0.326 e. The highest BCUT2D eigenvalue weighted by Crippen LogP contribution is 2.13. The van der Waals surface area contributed by atoms with E-state index < -0.39 is 0 Å². The van der Waals surface area contributed by atoms with Crippen LogP contribution in [0, 0.1) is 11.3 Å². The molecule has 0 bridgehead atoms. The summed E-state index contributed by atoms with van der Waals surface area (Å²) < 4.78 is 0. The molecule has 4 heteroatoms. The molecule has 0 aliphatic rings. The Morgan fingerprint density at radius 3 is 2.94 bits per heavy atom. The van der Waals surface area contributed by atoms with Crippen molar-refractivity contribution in [1.29, 1.82) is 5.26 Å². The fourth-order valence-corrected chi connectivity index (χ4v) is 2.22. The summed E-state index contributed by atoms with van der Waals surface area (Å²) >= 11 is 1.86. The van der Waals surface area contributed by atoms with Crippen molar-refractivity contribution in [2.45, 2.75) is 31.9 Å². The fourth-order valence-electron chi connectivity index (χ4n) is 1.44. The Hall–Kier alpha value is -1.47. The van der Waals surface area contributed by atoms with E-state index in [9.17, 15) is 4.79 Å². The maximum atomic E-state index is 11.7. The van der Waals surface area contributed by atoms with Crippen LogP contribution in [0.4, 0.5) is 5.69 Å². The van der Waals surface area contributed by atoms with Crippen molar-refractivity contribution in [1.82, 2.24) is 0 Å². The zero-order valence-electron chi connectivity index (χ0n) is 10.8. The standard InChI is InChI=1S/C14H18N2OS/c1-11(2)18-8-4-7-14(17)16-13-6-3-5-12(9-13)10-15/h3,5-6,9,11H,4,7-8H2,1-2H3,(H,16,17). The van der Waals surface area contributed by atoms with Gasteiger partial charge in [-0.1, -0.05) is 19.9 Å². The van der Waals surface area contributed by atoms with Gasteiger partial charge in [-0.15, -0.1) is 0 Å².